The van der Waals surface area contributed by atoms with Gasteiger partial charge in [-0.15, -0.1) is 0 Å². The number of hydrogen-bond acceptors (Lipinski definition) is 12. The molecule has 0 bridgehead atoms. The van der Waals surface area contributed by atoms with Crippen LogP contribution in [0, 0.1) is 0 Å². The molecule has 6 rings (SSSR count). The standard InChI is InChI=1S/C21H21N3O3.C21H20N2O4.CH5N/c1-22-21(25)17-9-8-14(11-20(17)27-3)10-15-12-18(24-13-23-15)16-6-4-5-7-19(16)26-2;1-25-19-7-5-4-6-16(19)18-12-15(22-13-23-18)10-14-8-9-17(21(24)27-3)20(11-14)26-2;1-2/h4-9,11-13H,10H2,1-3H3,(H,22,25);4-9,11-13H,10H2,1-3H3;2H2,1H3. The van der Waals surface area contributed by atoms with Gasteiger partial charge in [-0.25, -0.2) is 24.7 Å². The number of carbonyl (C=O) groups excluding carboxylic acids is 2. The maximum Gasteiger partial charge on any atom is 0.341 e. The second-order valence-electron chi connectivity index (χ2n) is 11.7. The van der Waals surface area contributed by atoms with Gasteiger partial charge in [0.25, 0.3) is 5.91 Å². The van der Waals surface area contributed by atoms with Crippen LogP contribution >= 0.6 is 0 Å². The maximum absolute atomic E-state index is 11.9. The molecule has 2 heterocycles. The van der Waals surface area contributed by atoms with Crippen LogP contribution in [0.2, 0.25) is 0 Å². The lowest BCUT2D eigenvalue weighted by atomic mass is 10.0. The molecule has 2 aromatic heterocycles. The molecule has 13 nitrogen and oxygen atoms in total. The van der Waals surface area contributed by atoms with Gasteiger partial charge in [0.15, 0.2) is 0 Å². The second-order valence-corrected chi connectivity index (χ2v) is 11.7. The molecule has 0 spiro atoms. The van der Waals surface area contributed by atoms with Crippen molar-refractivity contribution in [3.63, 3.8) is 0 Å². The van der Waals surface area contributed by atoms with Crippen LogP contribution in [0.5, 0.6) is 23.0 Å². The third-order valence-corrected chi connectivity index (χ3v) is 8.39. The van der Waals surface area contributed by atoms with E-state index >= 15 is 0 Å². The highest BCUT2D eigenvalue weighted by atomic mass is 16.5. The van der Waals surface area contributed by atoms with Crippen LogP contribution in [0.3, 0.4) is 0 Å². The molecule has 3 N–H and O–H groups in total. The predicted octanol–water partition coefficient (Wildman–Crippen LogP) is 6.22. The Kier molecular flexibility index (Phi) is 15.8. The number of ether oxygens (including phenoxy) is 5. The molecule has 0 saturated carbocycles. The minimum Gasteiger partial charge on any atom is -0.496 e. The Hall–Kier alpha value is -6.86. The molecule has 56 heavy (non-hydrogen) atoms. The molecule has 0 aliphatic heterocycles. The number of aromatic nitrogens is 4. The lowest BCUT2D eigenvalue weighted by Crippen LogP contribution is -2.18. The highest BCUT2D eigenvalue weighted by Gasteiger charge is 2.15. The van der Waals surface area contributed by atoms with Gasteiger partial charge in [-0.05, 0) is 78.8 Å². The van der Waals surface area contributed by atoms with Crippen LogP contribution in [-0.2, 0) is 17.6 Å². The van der Waals surface area contributed by atoms with E-state index in [-0.39, 0.29) is 5.91 Å². The summed E-state index contributed by atoms with van der Waals surface area (Å²) >= 11 is 0. The summed E-state index contributed by atoms with van der Waals surface area (Å²) in [7, 11) is 10.8. The molecule has 290 valence electrons. The Morgan fingerprint density at radius 3 is 1.41 bits per heavy atom. The number of rotatable bonds is 12. The van der Waals surface area contributed by atoms with Crippen LogP contribution < -0.4 is 30.0 Å². The van der Waals surface area contributed by atoms with E-state index in [9.17, 15) is 9.59 Å². The lowest BCUT2D eigenvalue weighted by Gasteiger charge is -2.11. The normalized spacial score (nSPS) is 10.1. The fraction of sp³-hybridized carbons (Fsp3) is 0.209. The number of methoxy groups -OCH3 is 5. The molecule has 6 aromatic rings. The number of esters is 1. The Morgan fingerprint density at radius 1 is 0.554 bits per heavy atom. The Morgan fingerprint density at radius 2 is 0.982 bits per heavy atom. The number of nitrogens with two attached hydrogens (primary N) is 1. The quantitative estimate of drug-likeness (QED) is 0.135. The molecule has 13 heteroatoms. The van der Waals surface area contributed by atoms with E-state index in [0.29, 0.717) is 35.5 Å². The van der Waals surface area contributed by atoms with Gasteiger partial charge < -0.3 is 34.7 Å². The summed E-state index contributed by atoms with van der Waals surface area (Å²) in [5.74, 6) is 1.91. The Balaban J connectivity index is 0.000000238. The van der Waals surface area contributed by atoms with Crippen LogP contribution in [0.15, 0.2) is 110 Å². The van der Waals surface area contributed by atoms with E-state index in [0.717, 1.165) is 56.5 Å². The van der Waals surface area contributed by atoms with Crippen molar-refractivity contribution in [3.05, 3.63) is 143 Å². The highest BCUT2D eigenvalue weighted by Crippen LogP contribution is 2.30. The molecule has 0 unspecified atom stereocenters. The molecule has 0 radical (unpaired) electrons. The zero-order valence-corrected chi connectivity index (χ0v) is 32.5. The number of nitrogens with one attached hydrogen (secondary N) is 1. The number of amides is 1. The van der Waals surface area contributed by atoms with Crippen molar-refractivity contribution in [2.45, 2.75) is 12.8 Å². The van der Waals surface area contributed by atoms with Gasteiger partial charge in [-0.1, -0.05) is 36.4 Å². The number of nitrogens with zero attached hydrogens (tertiary/aromatic N) is 4. The zero-order valence-electron chi connectivity index (χ0n) is 32.5. The van der Waals surface area contributed by atoms with Crippen molar-refractivity contribution in [2.75, 3.05) is 49.6 Å². The summed E-state index contributed by atoms with van der Waals surface area (Å²) < 4.78 is 26.3. The topological polar surface area (TPSA) is 170 Å². The first-order chi connectivity index (χ1) is 27.3. The van der Waals surface area contributed by atoms with Gasteiger partial charge in [0.2, 0.25) is 0 Å². The summed E-state index contributed by atoms with van der Waals surface area (Å²) in [5.41, 5.74) is 12.5. The minimum atomic E-state index is -0.432. The zero-order chi connectivity index (χ0) is 40.5. The van der Waals surface area contributed by atoms with Gasteiger partial charge in [-0.3, -0.25) is 4.79 Å². The van der Waals surface area contributed by atoms with Crippen molar-refractivity contribution in [2.24, 2.45) is 5.73 Å². The Labute approximate surface area is 326 Å². The fourth-order valence-electron chi connectivity index (χ4n) is 5.71. The van der Waals surface area contributed by atoms with Crippen LogP contribution in [-0.4, -0.2) is 81.5 Å². The molecular weight excluding hydrogens is 713 g/mol. The van der Waals surface area contributed by atoms with Gasteiger partial charge >= 0.3 is 5.97 Å². The van der Waals surface area contributed by atoms with Gasteiger partial charge in [0, 0.05) is 42.4 Å². The molecule has 0 aliphatic rings. The van der Waals surface area contributed by atoms with Crippen molar-refractivity contribution in [3.8, 4) is 45.5 Å². The summed E-state index contributed by atoms with van der Waals surface area (Å²) in [6.07, 6.45) is 4.25. The van der Waals surface area contributed by atoms with Crippen LogP contribution in [0.4, 0.5) is 0 Å². The molecule has 0 saturated heterocycles. The summed E-state index contributed by atoms with van der Waals surface area (Å²) in [6.45, 7) is 0. The fourth-order valence-corrected chi connectivity index (χ4v) is 5.71. The van der Waals surface area contributed by atoms with E-state index in [1.165, 1.54) is 27.6 Å². The van der Waals surface area contributed by atoms with Crippen molar-refractivity contribution in [1.29, 1.82) is 0 Å². The first kappa shape index (κ1) is 41.9. The summed E-state index contributed by atoms with van der Waals surface area (Å²) in [6, 6.07) is 30.2. The third kappa shape index (κ3) is 10.6. The highest BCUT2D eigenvalue weighted by molar-refractivity contribution is 5.96. The summed E-state index contributed by atoms with van der Waals surface area (Å²) in [5, 5.41) is 2.61. The largest absolute Gasteiger partial charge is 0.496 e. The second kappa shape index (κ2) is 21.1. The minimum absolute atomic E-state index is 0.182. The van der Waals surface area contributed by atoms with Crippen LogP contribution in [0.25, 0.3) is 22.5 Å². The van der Waals surface area contributed by atoms with E-state index < -0.39 is 5.97 Å². The first-order valence-electron chi connectivity index (χ1n) is 17.4. The molecule has 0 atom stereocenters. The van der Waals surface area contributed by atoms with Crippen LogP contribution in [0.1, 0.15) is 43.2 Å². The average molecular weight is 759 g/mol. The van der Waals surface area contributed by atoms with Crippen molar-refractivity contribution >= 4 is 11.9 Å². The first-order valence-corrected chi connectivity index (χ1v) is 17.4. The van der Waals surface area contributed by atoms with Gasteiger partial charge in [-0.2, -0.15) is 0 Å². The number of benzene rings is 4. The monoisotopic (exact) mass is 758 g/mol. The SMILES string of the molecule is CN.CNC(=O)c1ccc(Cc2cc(-c3ccccc3OC)ncn2)cc1OC.COC(=O)c1ccc(Cc2cc(-c3ccccc3OC)ncn2)cc1OC. The van der Waals surface area contributed by atoms with E-state index in [2.05, 4.69) is 31.0 Å². The number of hydrogen-bond donors (Lipinski definition) is 2. The third-order valence-electron chi connectivity index (χ3n) is 8.39. The molecule has 0 aliphatic carbocycles. The molecule has 4 aromatic carbocycles. The van der Waals surface area contributed by atoms with Gasteiger partial charge in [0.05, 0.1) is 52.5 Å². The molecular formula is C43H46N6O7. The summed E-state index contributed by atoms with van der Waals surface area (Å²) in [4.78, 5) is 41.2. The Bertz CT molecular complexity index is 2070. The van der Waals surface area contributed by atoms with Crippen molar-refractivity contribution < 1.29 is 33.3 Å². The lowest BCUT2D eigenvalue weighted by molar-refractivity contribution is 0.0597. The number of carbonyl (C=O) groups is 2. The van der Waals surface area contributed by atoms with Gasteiger partial charge in [0.1, 0.15) is 41.2 Å². The van der Waals surface area contributed by atoms with E-state index in [1.54, 1.807) is 46.8 Å². The molecule has 1 amide bonds. The predicted molar refractivity (Wildman–Crippen MR) is 214 cm³/mol. The maximum atomic E-state index is 11.9. The molecule has 0 fully saturated rings. The average Bonchev–Trinajstić information content (AvgIpc) is 3.26. The van der Waals surface area contributed by atoms with Crippen molar-refractivity contribution in [1.82, 2.24) is 25.3 Å². The van der Waals surface area contributed by atoms with E-state index in [1.807, 2.05) is 84.9 Å². The van der Waals surface area contributed by atoms with E-state index in [4.69, 9.17) is 23.7 Å². The number of para-hydroxylation sites is 2. The smallest absolute Gasteiger partial charge is 0.341 e.